The van der Waals surface area contributed by atoms with E-state index in [9.17, 15) is 0 Å². The van der Waals surface area contributed by atoms with Crippen molar-refractivity contribution in [3.05, 3.63) is 95.8 Å². The number of nitrogens with zero attached hydrogens (tertiary/aromatic N) is 4. The number of nitrogens with two attached hydrogens (primary N) is 1. The Bertz CT molecular complexity index is 1330. The fraction of sp³-hybridized carbons (Fsp3) is 0.185. The molecule has 5 rings (SSSR count). The number of rotatable bonds is 6. The molecule has 3 aromatic heterocycles. The van der Waals surface area contributed by atoms with Crippen LogP contribution < -0.4 is 16.4 Å². The van der Waals surface area contributed by atoms with Gasteiger partial charge in [-0.2, -0.15) is 4.98 Å². The van der Waals surface area contributed by atoms with Crippen molar-refractivity contribution in [1.29, 1.82) is 0 Å². The molecule has 0 saturated heterocycles. The average Bonchev–Trinajstić information content (AvgIpc) is 3.71. The number of allylic oxidation sites excluding steroid dienone is 5. The van der Waals surface area contributed by atoms with Crippen LogP contribution in [0.1, 0.15) is 30.5 Å². The van der Waals surface area contributed by atoms with Gasteiger partial charge in [-0.15, -0.1) is 0 Å². The van der Waals surface area contributed by atoms with Crippen molar-refractivity contribution in [3.8, 4) is 23.1 Å². The molecule has 3 heterocycles. The molecule has 3 aromatic rings. The number of anilines is 2. The lowest BCUT2D eigenvalue weighted by Gasteiger charge is -2.08. The zero-order valence-electron chi connectivity index (χ0n) is 18.7. The van der Waals surface area contributed by atoms with Crippen LogP contribution in [0.2, 0.25) is 0 Å². The van der Waals surface area contributed by atoms with E-state index in [4.69, 9.17) is 5.73 Å². The van der Waals surface area contributed by atoms with Crippen molar-refractivity contribution in [3.63, 3.8) is 0 Å². The van der Waals surface area contributed by atoms with Gasteiger partial charge in [-0.05, 0) is 73.2 Å². The highest BCUT2D eigenvalue weighted by Crippen LogP contribution is 2.23. The summed E-state index contributed by atoms with van der Waals surface area (Å²) < 4.78 is 0. The highest BCUT2D eigenvalue weighted by atomic mass is 15.1. The fourth-order valence-corrected chi connectivity index (χ4v) is 3.45. The molecular formula is C27H25N7. The first-order valence-corrected chi connectivity index (χ1v) is 11.3. The summed E-state index contributed by atoms with van der Waals surface area (Å²) in [4.78, 5) is 17.5. The van der Waals surface area contributed by atoms with Gasteiger partial charge in [0.15, 0.2) is 0 Å². The molecule has 7 nitrogen and oxygen atoms in total. The third-order valence-electron chi connectivity index (χ3n) is 5.46. The number of pyridine rings is 2. The molecule has 0 spiro atoms. The second-order valence-corrected chi connectivity index (χ2v) is 8.21. The average molecular weight is 448 g/mol. The van der Waals surface area contributed by atoms with Crippen LogP contribution in [-0.4, -0.2) is 26.0 Å². The van der Waals surface area contributed by atoms with Crippen LogP contribution in [0.25, 0.3) is 11.3 Å². The summed E-state index contributed by atoms with van der Waals surface area (Å²) in [5, 5.41) is 6.73. The Morgan fingerprint density at radius 2 is 1.97 bits per heavy atom. The number of hydrogen-bond acceptors (Lipinski definition) is 7. The van der Waals surface area contributed by atoms with E-state index in [0.29, 0.717) is 23.4 Å². The first-order chi connectivity index (χ1) is 16.7. The van der Waals surface area contributed by atoms with Crippen LogP contribution in [0.5, 0.6) is 0 Å². The van der Waals surface area contributed by atoms with E-state index in [2.05, 4.69) is 54.6 Å². The minimum absolute atomic E-state index is 0.374. The summed E-state index contributed by atoms with van der Waals surface area (Å²) in [5.41, 5.74) is 11.4. The summed E-state index contributed by atoms with van der Waals surface area (Å²) >= 11 is 0. The molecule has 34 heavy (non-hydrogen) atoms. The molecular weight excluding hydrogens is 422 g/mol. The highest BCUT2D eigenvalue weighted by Gasteiger charge is 2.19. The number of aromatic nitrogens is 4. The zero-order valence-corrected chi connectivity index (χ0v) is 18.7. The van der Waals surface area contributed by atoms with E-state index in [0.717, 1.165) is 35.6 Å². The molecule has 2 aliphatic rings. The van der Waals surface area contributed by atoms with Gasteiger partial charge in [-0.3, -0.25) is 4.98 Å². The molecule has 168 valence electrons. The second kappa shape index (κ2) is 10.1. The minimum Gasteiger partial charge on any atom is -0.383 e. The first kappa shape index (κ1) is 21.6. The Morgan fingerprint density at radius 1 is 1.03 bits per heavy atom. The van der Waals surface area contributed by atoms with Crippen LogP contribution in [0, 0.1) is 11.8 Å². The molecule has 0 bridgehead atoms. The van der Waals surface area contributed by atoms with E-state index >= 15 is 0 Å². The quantitative estimate of drug-likeness (QED) is 0.491. The lowest BCUT2D eigenvalue weighted by Crippen LogP contribution is -2.15. The lowest BCUT2D eigenvalue weighted by molar-refractivity contribution is 0.687. The van der Waals surface area contributed by atoms with Crippen molar-refractivity contribution in [2.75, 3.05) is 11.1 Å². The molecule has 0 aliphatic heterocycles. The standard InChI is InChI=1S/C27H25N7/c28-26-24(25-6-1-2-14-30-25)18-32-27(34-26)33-22-5-3-4-19(7-9-22)8-10-23-16-20(13-15-29-23)17-31-21-11-12-21/h1-3,5-7,9,13-16,18,21,31H,4,11-12,17H2,(H3,28,32,33,34). The van der Waals surface area contributed by atoms with Gasteiger partial charge in [0.1, 0.15) is 11.5 Å². The normalized spacial score (nSPS) is 14.9. The molecule has 0 aromatic carbocycles. The monoisotopic (exact) mass is 447 g/mol. The zero-order chi connectivity index (χ0) is 23.2. The molecule has 4 N–H and O–H groups in total. The van der Waals surface area contributed by atoms with Crippen molar-refractivity contribution in [2.24, 2.45) is 0 Å². The fourth-order valence-electron chi connectivity index (χ4n) is 3.45. The molecule has 1 fully saturated rings. The Kier molecular flexibility index (Phi) is 6.41. The van der Waals surface area contributed by atoms with Crippen LogP contribution in [0.4, 0.5) is 11.8 Å². The number of nitrogen functional groups attached to an aromatic ring is 1. The van der Waals surface area contributed by atoms with Crippen molar-refractivity contribution < 1.29 is 0 Å². The molecule has 1 saturated carbocycles. The van der Waals surface area contributed by atoms with Crippen LogP contribution in [-0.2, 0) is 6.54 Å². The maximum absolute atomic E-state index is 6.14. The predicted octanol–water partition coefficient (Wildman–Crippen LogP) is 4.00. The van der Waals surface area contributed by atoms with Gasteiger partial charge in [0.05, 0.1) is 11.3 Å². The van der Waals surface area contributed by atoms with Gasteiger partial charge >= 0.3 is 0 Å². The summed E-state index contributed by atoms with van der Waals surface area (Å²) in [6, 6.07) is 10.4. The van der Waals surface area contributed by atoms with E-state index in [-0.39, 0.29) is 0 Å². The van der Waals surface area contributed by atoms with Crippen molar-refractivity contribution in [1.82, 2.24) is 25.3 Å². The highest BCUT2D eigenvalue weighted by molar-refractivity contribution is 5.70. The van der Waals surface area contributed by atoms with Gasteiger partial charge in [0.2, 0.25) is 5.95 Å². The Morgan fingerprint density at radius 3 is 2.79 bits per heavy atom. The van der Waals surface area contributed by atoms with Gasteiger partial charge in [-0.25, -0.2) is 9.97 Å². The van der Waals surface area contributed by atoms with E-state index in [1.165, 1.54) is 18.4 Å². The van der Waals surface area contributed by atoms with Crippen molar-refractivity contribution >= 4 is 11.8 Å². The number of hydrogen-bond donors (Lipinski definition) is 3. The summed E-state index contributed by atoms with van der Waals surface area (Å²) in [6.45, 7) is 0.862. The molecule has 0 atom stereocenters. The summed E-state index contributed by atoms with van der Waals surface area (Å²) in [5.74, 6) is 7.24. The third kappa shape index (κ3) is 5.74. The van der Waals surface area contributed by atoms with Crippen LogP contribution in [0.15, 0.2) is 84.5 Å². The predicted molar refractivity (Wildman–Crippen MR) is 134 cm³/mol. The van der Waals surface area contributed by atoms with Crippen LogP contribution >= 0.6 is 0 Å². The molecule has 0 amide bonds. The van der Waals surface area contributed by atoms with Crippen molar-refractivity contribution in [2.45, 2.75) is 31.8 Å². The molecule has 0 radical (unpaired) electrons. The topological polar surface area (TPSA) is 102 Å². The smallest absolute Gasteiger partial charge is 0.229 e. The second-order valence-electron chi connectivity index (χ2n) is 8.21. The van der Waals surface area contributed by atoms with Gasteiger partial charge in [0, 0.05) is 42.4 Å². The van der Waals surface area contributed by atoms with Crippen LogP contribution in [0.3, 0.4) is 0 Å². The summed E-state index contributed by atoms with van der Waals surface area (Å²) in [6.07, 6.45) is 16.5. The van der Waals surface area contributed by atoms with Gasteiger partial charge in [0.25, 0.3) is 0 Å². The first-order valence-electron chi connectivity index (χ1n) is 11.3. The minimum atomic E-state index is 0.374. The Labute approximate surface area is 199 Å². The van der Waals surface area contributed by atoms with Gasteiger partial charge in [-0.1, -0.05) is 18.1 Å². The summed E-state index contributed by atoms with van der Waals surface area (Å²) in [7, 11) is 0. The largest absolute Gasteiger partial charge is 0.383 e. The van der Waals surface area contributed by atoms with Gasteiger partial charge < -0.3 is 16.4 Å². The number of nitrogens with one attached hydrogen (secondary N) is 2. The third-order valence-corrected chi connectivity index (χ3v) is 5.46. The van der Waals surface area contributed by atoms with E-state index < -0.39 is 0 Å². The molecule has 0 unspecified atom stereocenters. The maximum atomic E-state index is 6.14. The Balaban J connectivity index is 1.25. The molecule has 7 heteroatoms. The van der Waals surface area contributed by atoms with E-state index in [1.807, 2.05) is 48.7 Å². The molecule has 2 aliphatic carbocycles. The maximum Gasteiger partial charge on any atom is 0.229 e. The lowest BCUT2D eigenvalue weighted by atomic mass is 10.1. The van der Waals surface area contributed by atoms with E-state index in [1.54, 1.807) is 12.4 Å². The Hall–Kier alpha value is -4.28. The SMILES string of the molecule is Nc1nc(NC2=CC=C(C#Cc3cc(CNC4CC4)ccn3)CC=C2)ncc1-c1ccccn1.